The lowest BCUT2D eigenvalue weighted by molar-refractivity contribution is -0.136. The van der Waals surface area contributed by atoms with Crippen LogP contribution in [0.4, 0.5) is 17.2 Å². The summed E-state index contributed by atoms with van der Waals surface area (Å²) in [5.41, 5.74) is 10.4. The van der Waals surface area contributed by atoms with Gasteiger partial charge in [0.25, 0.3) is 11.8 Å². The fourth-order valence-electron chi connectivity index (χ4n) is 10.5. The summed E-state index contributed by atoms with van der Waals surface area (Å²) in [6.45, 7) is 8.63. The summed E-state index contributed by atoms with van der Waals surface area (Å²) in [7, 11) is 0. The van der Waals surface area contributed by atoms with Crippen LogP contribution in [0.3, 0.4) is 0 Å². The van der Waals surface area contributed by atoms with E-state index in [-0.39, 0.29) is 59.9 Å². The molecule has 0 spiro atoms. The van der Waals surface area contributed by atoms with Gasteiger partial charge in [0.05, 0.1) is 23.9 Å². The number of fused-ring (bicyclic) bond motifs is 1. The van der Waals surface area contributed by atoms with Gasteiger partial charge in [-0.25, -0.2) is 0 Å². The van der Waals surface area contributed by atoms with Crippen LogP contribution in [0.5, 0.6) is 17.2 Å². The Morgan fingerprint density at radius 1 is 0.778 bits per heavy atom. The number of unbranched alkanes of at least 4 members (excludes halogenated alkanes) is 1. The maximum atomic E-state index is 13.4. The summed E-state index contributed by atoms with van der Waals surface area (Å²) >= 11 is 0. The number of phenols is 1. The minimum atomic E-state index is -1.06. The molecule has 2 unspecified atom stereocenters. The number of carbonyl (C=O) groups is 5. The molecule has 4 N–H and O–H groups in total. The van der Waals surface area contributed by atoms with Crippen molar-refractivity contribution >= 4 is 46.7 Å². The molecule has 7 heterocycles. The van der Waals surface area contributed by atoms with Crippen LogP contribution in [-0.2, 0) is 27.5 Å². The van der Waals surface area contributed by atoms with E-state index >= 15 is 0 Å². The van der Waals surface area contributed by atoms with E-state index in [1.165, 1.54) is 11.8 Å². The first-order valence-electron chi connectivity index (χ1n) is 25.1. The molecule has 72 heavy (non-hydrogen) atoms. The topological polar surface area (TPSA) is 235 Å². The van der Waals surface area contributed by atoms with Crippen LogP contribution >= 0.6 is 0 Å². The second kappa shape index (κ2) is 21.4. The Bertz CT molecular complexity index is 2810. The number of imide groups is 2. The maximum absolute atomic E-state index is 13.4. The molecule has 4 saturated heterocycles. The number of nitrogen functional groups attached to an aromatic ring is 1. The third-order valence-corrected chi connectivity index (χ3v) is 14.5. The van der Waals surface area contributed by atoms with Crippen molar-refractivity contribution in [3.63, 3.8) is 0 Å². The van der Waals surface area contributed by atoms with Gasteiger partial charge in [-0.3, -0.25) is 43.8 Å². The van der Waals surface area contributed by atoms with Crippen molar-refractivity contribution in [2.75, 3.05) is 74.4 Å². The normalized spacial score (nSPS) is 19.9. The summed E-state index contributed by atoms with van der Waals surface area (Å²) in [5.74, 6) is -0.746. The number of aromatic hydroxyl groups is 1. The van der Waals surface area contributed by atoms with Crippen molar-refractivity contribution in [1.82, 2.24) is 45.2 Å². The molecule has 0 bridgehead atoms. The zero-order chi connectivity index (χ0) is 49.7. The van der Waals surface area contributed by atoms with Gasteiger partial charge in [-0.2, -0.15) is 0 Å². The number of rotatable bonds is 16. The molecule has 376 valence electrons. The number of carbonyl (C=O) groups excluding carboxylic acids is 5. The van der Waals surface area contributed by atoms with Crippen molar-refractivity contribution in [3.8, 4) is 28.5 Å². The molecule has 5 aliphatic rings. The monoisotopic (exact) mass is 980 g/mol. The average Bonchev–Trinajstić information content (AvgIpc) is 3.95. The Morgan fingerprint density at radius 3 is 2.32 bits per heavy atom. The molecular formula is C52H60N12O8. The number of para-hydroxylation sites is 1. The van der Waals surface area contributed by atoms with Crippen LogP contribution in [0.1, 0.15) is 84.2 Å². The second-order valence-electron chi connectivity index (χ2n) is 19.3. The highest BCUT2D eigenvalue weighted by Crippen LogP contribution is 2.35. The summed E-state index contributed by atoms with van der Waals surface area (Å²) in [6.07, 6.45) is 7.89. The Labute approximate surface area is 417 Å². The number of nitrogens with two attached hydrogens (primary N) is 1. The number of benzene rings is 3. The van der Waals surface area contributed by atoms with Crippen molar-refractivity contribution in [2.24, 2.45) is 5.92 Å². The van der Waals surface area contributed by atoms with E-state index in [1.807, 2.05) is 11.0 Å². The van der Waals surface area contributed by atoms with Gasteiger partial charge in [-0.1, -0.05) is 23.4 Å². The number of hydrogen-bond acceptors (Lipinski definition) is 16. The molecule has 5 aromatic rings. The van der Waals surface area contributed by atoms with Crippen LogP contribution in [0.25, 0.3) is 11.3 Å². The Hall–Kier alpha value is -7.61. The Morgan fingerprint density at radius 2 is 1.54 bits per heavy atom. The van der Waals surface area contributed by atoms with Crippen LogP contribution in [0.2, 0.25) is 0 Å². The number of nitrogens with zero attached hydrogens (tertiary/aromatic N) is 10. The third kappa shape index (κ3) is 10.7. The zero-order valence-corrected chi connectivity index (χ0v) is 40.2. The molecule has 3 aromatic carbocycles. The number of nitrogens with one attached hydrogen (secondary N) is 1. The van der Waals surface area contributed by atoms with Gasteiger partial charge in [0.2, 0.25) is 17.7 Å². The third-order valence-electron chi connectivity index (χ3n) is 14.5. The molecule has 10 rings (SSSR count). The van der Waals surface area contributed by atoms with Gasteiger partial charge >= 0.3 is 0 Å². The van der Waals surface area contributed by atoms with E-state index < -0.39 is 29.7 Å². The quantitative estimate of drug-likeness (QED) is 0.0925. The SMILES string of the molecule is Nc1nnc(-c2ccccc2O)cc1OC1CCCN(c2ccc(N3CCN(CCCCC(=O)N4CCC(Cn5cc(COc6cccc7c6C(=O)N(C6CCC(=O)NC6=O)C7=O)nn5)CC4)CC3)cc2)C1. The smallest absolute Gasteiger partial charge is 0.266 e. The Kier molecular flexibility index (Phi) is 14.3. The van der Waals surface area contributed by atoms with Crippen LogP contribution in [-0.4, -0.2) is 146 Å². The largest absolute Gasteiger partial charge is 0.507 e. The number of phenolic OH excluding ortho intramolecular Hbond substituents is 1. The molecule has 20 heteroatoms. The molecule has 20 nitrogen and oxygen atoms in total. The molecule has 5 amide bonds. The molecule has 4 fully saturated rings. The first-order valence-corrected chi connectivity index (χ1v) is 25.1. The number of ether oxygens (including phenoxy) is 2. The van der Waals surface area contributed by atoms with Crippen LogP contribution in [0.15, 0.2) is 79.0 Å². The Balaban J connectivity index is 0.606. The summed E-state index contributed by atoms with van der Waals surface area (Å²) in [6, 6.07) is 21.3. The highest BCUT2D eigenvalue weighted by Gasteiger charge is 2.46. The zero-order valence-electron chi connectivity index (χ0n) is 40.2. The summed E-state index contributed by atoms with van der Waals surface area (Å²) in [4.78, 5) is 74.2. The summed E-state index contributed by atoms with van der Waals surface area (Å²) < 4.78 is 14.2. The molecule has 0 saturated carbocycles. The number of hydrogen-bond donors (Lipinski definition) is 3. The molecule has 0 aliphatic carbocycles. The second-order valence-corrected chi connectivity index (χ2v) is 19.3. The minimum Gasteiger partial charge on any atom is -0.507 e. The van der Waals surface area contributed by atoms with Gasteiger partial charge in [0.1, 0.15) is 41.6 Å². The summed E-state index contributed by atoms with van der Waals surface area (Å²) in [5, 5.41) is 29.4. The van der Waals surface area contributed by atoms with Gasteiger partial charge in [0.15, 0.2) is 11.6 Å². The first kappa shape index (κ1) is 48.0. The van der Waals surface area contributed by atoms with Crippen molar-refractivity contribution < 1.29 is 38.6 Å². The standard InChI is InChI=1S/C52H60N12O8/c53-49-45(29-41(56-57-49)39-8-1-2-10-43(39)65)72-38-7-6-22-62(32-38)37-15-13-36(14-16-37)60-27-25-59(26-28-60)21-4-3-12-47(67)61-23-19-34(20-24-61)30-63-31-35(55-58-63)33-71-44-11-5-9-40-48(44)52(70)64(51(40)69)42-17-18-46(66)54-50(42)68/h1-2,5,8-11,13-16,29,31,34,38,42,65H,3-4,6-7,12,17-28,30,32-33H2,(H2,53,57)(H,54,66,68). The number of anilines is 3. The van der Waals surface area contributed by atoms with E-state index in [4.69, 9.17) is 15.2 Å². The van der Waals surface area contributed by atoms with Crippen LogP contribution < -0.4 is 30.3 Å². The predicted molar refractivity (Wildman–Crippen MR) is 265 cm³/mol. The van der Waals surface area contributed by atoms with E-state index in [0.717, 1.165) is 108 Å². The highest BCUT2D eigenvalue weighted by molar-refractivity contribution is 6.24. The molecule has 2 aromatic heterocycles. The van der Waals surface area contributed by atoms with E-state index in [1.54, 1.807) is 47.3 Å². The van der Waals surface area contributed by atoms with E-state index in [9.17, 15) is 29.1 Å². The van der Waals surface area contributed by atoms with Crippen molar-refractivity contribution in [3.05, 3.63) is 95.8 Å². The van der Waals surface area contributed by atoms with Crippen molar-refractivity contribution in [2.45, 2.75) is 83.1 Å². The molecule has 5 aliphatic heterocycles. The number of aromatic nitrogens is 5. The molecule has 2 atom stereocenters. The maximum Gasteiger partial charge on any atom is 0.266 e. The number of amides is 5. The first-order chi connectivity index (χ1) is 35.0. The minimum absolute atomic E-state index is 0.0175. The van der Waals surface area contributed by atoms with Gasteiger partial charge in [-0.05, 0) is 106 Å². The predicted octanol–water partition coefficient (Wildman–Crippen LogP) is 4.28. The average molecular weight is 981 g/mol. The lowest BCUT2D eigenvalue weighted by Gasteiger charge is -2.37. The van der Waals surface area contributed by atoms with Gasteiger partial charge < -0.3 is 35.0 Å². The van der Waals surface area contributed by atoms with E-state index in [0.29, 0.717) is 41.6 Å². The number of piperidine rings is 3. The molecular weight excluding hydrogens is 921 g/mol. The van der Waals surface area contributed by atoms with Crippen LogP contribution in [0, 0.1) is 5.92 Å². The fraction of sp³-hybridized carbons (Fsp3) is 0.442. The lowest BCUT2D eigenvalue weighted by atomic mass is 9.96. The van der Waals surface area contributed by atoms with E-state index in [2.05, 4.69) is 64.8 Å². The van der Waals surface area contributed by atoms with Gasteiger partial charge in [-0.15, -0.1) is 15.3 Å². The fourth-order valence-corrected chi connectivity index (χ4v) is 10.5. The molecule has 0 radical (unpaired) electrons. The van der Waals surface area contributed by atoms with Crippen molar-refractivity contribution in [1.29, 1.82) is 0 Å². The highest BCUT2D eigenvalue weighted by atomic mass is 16.5. The number of piperazine rings is 1. The lowest BCUT2D eigenvalue weighted by Crippen LogP contribution is -2.54. The number of likely N-dealkylation sites (tertiary alicyclic amines) is 1. The van der Waals surface area contributed by atoms with Gasteiger partial charge in [0, 0.05) is 88.2 Å².